The van der Waals surface area contributed by atoms with Crippen molar-refractivity contribution in [2.45, 2.75) is 19.8 Å². The van der Waals surface area contributed by atoms with E-state index in [1.54, 1.807) is 0 Å². The fraction of sp³-hybridized carbons (Fsp3) is 0.286. The summed E-state index contributed by atoms with van der Waals surface area (Å²) >= 11 is 0. The molecule has 0 aliphatic carbocycles. The van der Waals surface area contributed by atoms with Crippen LogP contribution in [0, 0.1) is 0 Å². The van der Waals surface area contributed by atoms with Gasteiger partial charge in [0.2, 0.25) is 0 Å². The number of fused-ring (bicyclic) bond motifs is 3. The van der Waals surface area contributed by atoms with Gasteiger partial charge in [0.1, 0.15) is 0 Å². The molecule has 2 aromatic rings. The molecule has 2 N–H and O–H groups in total. The Labute approximate surface area is 104 Å². The van der Waals surface area contributed by atoms with Gasteiger partial charge in [0.05, 0.1) is 17.8 Å². The Morgan fingerprint density at radius 3 is 3.11 bits per heavy atom. The lowest BCUT2D eigenvalue weighted by molar-refractivity contribution is -0.136. The number of nitrogens with zero attached hydrogens (tertiary/aromatic N) is 1. The average Bonchev–Trinajstić information content (AvgIpc) is 2.67. The number of carbonyl (C=O) groups is 1. The summed E-state index contributed by atoms with van der Waals surface area (Å²) in [4.78, 5) is 18.5. The summed E-state index contributed by atoms with van der Waals surface area (Å²) in [5, 5.41) is 10.0. The summed E-state index contributed by atoms with van der Waals surface area (Å²) in [5.74, 6) is -0.802. The van der Waals surface area contributed by atoms with Crippen molar-refractivity contribution in [1.29, 1.82) is 0 Å². The van der Waals surface area contributed by atoms with Crippen LogP contribution in [-0.4, -0.2) is 28.3 Å². The number of aromatic amines is 1. The minimum absolute atomic E-state index is 0.0622. The molecule has 0 atom stereocenters. The summed E-state index contributed by atoms with van der Waals surface area (Å²) < 4.78 is 0. The standard InChI is InChI=1S/C14H14N2O2/c1-8-14-11(4-5-15-8)10-3-2-9(7-13(17)18)6-12(10)16-14/h2-3,6,16H,4-5,7H2,1H3,(H,17,18). The van der Waals surface area contributed by atoms with E-state index in [4.69, 9.17) is 5.11 Å². The van der Waals surface area contributed by atoms with Crippen LogP contribution in [0.3, 0.4) is 0 Å². The highest BCUT2D eigenvalue weighted by molar-refractivity contribution is 6.05. The van der Waals surface area contributed by atoms with Crippen molar-refractivity contribution < 1.29 is 9.90 Å². The zero-order valence-corrected chi connectivity index (χ0v) is 10.2. The van der Waals surface area contributed by atoms with E-state index in [0.717, 1.165) is 35.5 Å². The first-order valence-electron chi connectivity index (χ1n) is 6.02. The molecule has 18 heavy (non-hydrogen) atoms. The molecule has 92 valence electrons. The highest BCUT2D eigenvalue weighted by Gasteiger charge is 2.16. The zero-order chi connectivity index (χ0) is 12.7. The Kier molecular flexibility index (Phi) is 2.44. The maximum atomic E-state index is 10.7. The predicted molar refractivity (Wildman–Crippen MR) is 70.4 cm³/mol. The van der Waals surface area contributed by atoms with E-state index >= 15 is 0 Å². The van der Waals surface area contributed by atoms with Crippen molar-refractivity contribution in [3.63, 3.8) is 0 Å². The molecule has 1 aliphatic heterocycles. The number of nitrogens with one attached hydrogen (secondary N) is 1. The van der Waals surface area contributed by atoms with Gasteiger partial charge >= 0.3 is 5.97 Å². The zero-order valence-electron chi connectivity index (χ0n) is 10.2. The van der Waals surface area contributed by atoms with Gasteiger partial charge in [-0.3, -0.25) is 9.79 Å². The first-order chi connectivity index (χ1) is 8.65. The summed E-state index contributed by atoms with van der Waals surface area (Å²) in [6, 6.07) is 5.84. The second-order valence-corrected chi connectivity index (χ2v) is 4.65. The number of benzene rings is 1. The van der Waals surface area contributed by atoms with Crippen LogP contribution in [-0.2, 0) is 17.6 Å². The Morgan fingerprint density at radius 1 is 1.50 bits per heavy atom. The molecule has 0 saturated carbocycles. The molecule has 4 nitrogen and oxygen atoms in total. The number of hydrogen-bond donors (Lipinski definition) is 2. The fourth-order valence-electron chi connectivity index (χ4n) is 2.57. The van der Waals surface area contributed by atoms with Gasteiger partial charge in [-0.05, 0) is 30.5 Å². The average molecular weight is 242 g/mol. The second-order valence-electron chi connectivity index (χ2n) is 4.65. The number of aliphatic carboxylic acids is 1. The molecule has 3 rings (SSSR count). The second kappa shape index (κ2) is 3.98. The normalized spacial score (nSPS) is 14.4. The van der Waals surface area contributed by atoms with Crippen LogP contribution in [0.1, 0.15) is 23.7 Å². The molecular formula is C14H14N2O2. The largest absolute Gasteiger partial charge is 0.481 e. The van der Waals surface area contributed by atoms with Crippen LogP contribution in [0.15, 0.2) is 23.2 Å². The van der Waals surface area contributed by atoms with Crippen LogP contribution in [0.4, 0.5) is 0 Å². The molecule has 0 spiro atoms. The first kappa shape index (κ1) is 11.0. The molecule has 0 saturated heterocycles. The number of aromatic nitrogens is 1. The van der Waals surface area contributed by atoms with Crippen LogP contribution < -0.4 is 0 Å². The Hall–Kier alpha value is -2.10. The maximum Gasteiger partial charge on any atom is 0.307 e. The molecule has 0 bridgehead atoms. The van der Waals surface area contributed by atoms with Crippen LogP contribution in [0.2, 0.25) is 0 Å². The smallest absolute Gasteiger partial charge is 0.307 e. The van der Waals surface area contributed by atoms with Gasteiger partial charge < -0.3 is 10.1 Å². The molecular weight excluding hydrogens is 228 g/mol. The molecule has 1 aromatic heterocycles. The van der Waals surface area contributed by atoms with Gasteiger partial charge in [-0.1, -0.05) is 12.1 Å². The van der Waals surface area contributed by atoms with Crippen molar-refractivity contribution in [2.75, 3.05) is 6.54 Å². The van der Waals surface area contributed by atoms with Gasteiger partial charge in [-0.15, -0.1) is 0 Å². The molecule has 1 aliphatic rings. The summed E-state index contributed by atoms with van der Waals surface area (Å²) in [6.45, 7) is 2.84. The maximum absolute atomic E-state index is 10.7. The van der Waals surface area contributed by atoms with Crippen molar-refractivity contribution in [3.05, 3.63) is 35.0 Å². The van der Waals surface area contributed by atoms with Crippen LogP contribution >= 0.6 is 0 Å². The molecule has 0 fully saturated rings. The van der Waals surface area contributed by atoms with E-state index in [1.165, 1.54) is 10.9 Å². The fourth-order valence-corrected chi connectivity index (χ4v) is 2.57. The van der Waals surface area contributed by atoms with Crippen LogP contribution in [0.25, 0.3) is 10.9 Å². The predicted octanol–water partition coefficient (Wildman–Crippen LogP) is 2.16. The molecule has 0 radical (unpaired) electrons. The van der Waals surface area contributed by atoms with Crippen molar-refractivity contribution >= 4 is 22.6 Å². The monoisotopic (exact) mass is 242 g/mol. The number of carboxylic acids is 1. The minimum Gasteiger partial charge on any atom is -0.481 e. The molecule has 0 amide bonds. The van der Waals surface area contributed by atoms with Gasteiger partial charge in [0, 0.05) is 17.4 Å². The lowest BCUT2D eigenvalue weighted by Crippen LogP contribution is -2.08. The Balaban J connectivity index is 2.14. The number of aliphatic imine (C=N–C) groups is 1. The quantitative estimate of drug-likeness (QED) is 0.847. The van der Waals surface area contributed by atoms with Gasteiger partial charge in [0.25, 0.3) is 0 Å². The van der Waals surface area contributed by atoms with Gasteiger partial charge in [-0.2, -0.15) is 0 Å². The van der Waals surface area contributed by atoms with Gasteiger partial charge in [0.15, 0.2) is 0 Å². The molecule has 4 heteroatoms. The lowest BCUT2D eigenvalue weighted by atomic mass is 10.0. The highest BCUT2D eigenvalue weighted by Crippen LogP contribution is 2.27. The van der Waals surface area contributed by atoms with Gasteiger partial charge in [-0.25, -0.2) is 0 Å². The third-order valence-electron chi connectivity index (χ3n) is 3.40. The summed E-state index contributed by atoms with van der Waals surface area (Å²) in [5.41, 5.74) is 5.27. The first-order valence-corrected chi connectivity index (χ1v) is 6.02. The SMILES string of the molecule is CC1=NCCc2c1[nH]c1cc(CC(=O)O)ccc21. The summed E-state index contributed by atoms with van der Waals surface area (Å²) in [7, 11) is 0. The van der Waals surface area contributed by atoms with Crippen molar-refractivity contribution in [2.24, 2.45) is 4.99 Å². The van der Waals surface area contributed by atoms with Crippen LogP contribution in [0.5, 0.6) is 0 Å². The van der Waals surface area contributed by atoms with E-state index in [-0.39, 0.29) is 6.42 Å². The Morgan fingerprint density at radius 2 is 2.33 bits per heavy atom. The molecule has 2 heterocycles. The molecule has 1 aromatic carbocycles. The van der Waals surface area contributed by atoms with Crippen molar-refractivity contribution in [3.8, 4) is 0 Å². The third kappa shape index (κ3) is 1.70. The van der Waals surface area contributed by atoms with E-state index in [1.807, 2.05) is 25.1 Å². The Bertz CT molecular complexity index is 668. The highest BCUT2D eigenvalue weighted by atomic mass is 16.4. The van der Waals surface area contributed by atoms with E-state index in [2.05, 4.69) is 9.98 Å². The van der Waals surface area contributed by atoms with E-state index < -0.39 is 5.97 Å². The lowest BCUT2D eigenvalue weighted by Gasteiger charge is -2.09. The topological polar surface area (TPSA) is 65.5 Å². The van der Waals surface area contributed by atoms with E-state index in [0.29, 0.717) is 0 Å². The number of H-pyrrole nitrogens is 1. The molecule has 0 unspecified atom stereocenters. The summed E-state index contributed by atoms with van der Waals surface area (Å²) in [6.07, 6.45) is 1.01. The van der Waals surface area contributed by atoms with E-state index in [9.17, 15) is 4.79 Å². The van der Waals surface area contributed by atoms with Crippen molar-refractivity contribution in [1.82, 2.24) is 4.98 Å². The third-order valence-corrected chi connectivity index (χ3v) is 3.40. The minimum atomic E-state index is -0.802. The number of rotatable bonds is 2. The number of carboxylic acid groups (broad SMARTS) is 1. The number of hydrogen-bond acceptors (Lipinski definition) is 2.